The number of allylic oxidation sites excluding steroid dienone is 1. The van der Waals surface area contributed by atoms with Gasteiger partial charge < -0.3 is 19.7 Å². The number of aliphatic hydroxyl groups is 2. The van der Waals surface area contributed by atoms with Gasteiger partial charge in [-0.05, 0) is 24.6 Å². The second-order valence-electron chi connectivity index (χ2n) is 3.95. The summed E-state index contributed by atoms with van der Waals surface area (Å²) in [6.07, 6.45) is 1.43. The zero-order valence-corrected chi connectivity index (χ0v) is 10.7. The summed E-state index contributed by atoms with van der Waals surface area (Å²) in [5, 5.41) is 19.0. The quantitative estimate of drug-likeness (QED) is 0.722. The highest BCUT2D eigenvalue weighted by Crippen LogP contribution is 2.12. The minimum atomic E-state index is -0.903. The lowest BCUT2D eigenvalue weighted by Gasteiger charge is -2.14. The smallest absolute Gasteiger partial charge is 0.118 e. The van der Waals surface area contributed by atoms with Gasteiger partial charge in [0.1, 0.15) is 18.0 Å². The van der Waals surface area contributed by atoms with Gasteiger partial charge in [0.05, 0.1) is 20.3 Å². The van der Waals surface area contributed by atoms with Gasteiger partial charge in [-0.1, -0.05) is 24.3 Å². The summed E-state index contributed by atoms with van der Waals surface area (Å²) in [7, 11) is 1.62. The summed E-state index contributed by atoms with van der Waals surface area (Å²) in [6, 6.07) is 7.49. The topological polar surface area (TPSA) is 58.9 Å². The highest BCUT2D eigenvalue weighted by atomic mass is 16.5. The van der Waals surface area contributed by atoms with Crippen molar-refractivity contribution in [2.45, 2.75) is 25.7 Å². The van der Waals surface area contributed by atoms with Crippen LogP contribution < -0.4 is 4.74 Å². The van der Waals surface area contributed by atoms with E-state index in [0.29, 0.717) is 6.61 Å². The van der Waals surface area contributed by atoms with Gasteiger partial charge in [-0.3, -0.25) is 0 Å². The van der Waals surface area contributed by atoms with Crippen LogP contribution in [-0.4, -0.2) is 36.1 Å². The fourth-order valence-corrected chi connectivity index (χ4v) is 1.44. The van der Waals surface area contributed by atoms with Crippen LogP contribution >= 0.6 is 0 Å². The Morgan fingerprint density at radius 3 is 2.44 bits per heavy atom. The molecule has 1 aromatic rings. The lowest BCUT2D eigenvalue weighted by Crippen LogP contribution is -2.28. The SMILES string of the molecule is C/C=C\[C@H](O)[C@@H](O)COCc1ccc(OC)cc1. The molecule has 0 saturated carbocycles. The summed E-state index contributed by atoms with van der Waals surface area (Å²) in [4.78, 5) is 0. The highest BCUT2D eigenvalue weighted by Gasteiger charge is 2.12. The molecular weight excluding hydrogens is 232 g/mol. The molecule has 0 aliphatic rings. The van der Waals surface area contributed by atoms with Crippen molar-refractivity contribution < 1.29 is 19.7 Å². The van der Waals surface area contributed by atoms with Crippen molar-refractivity contribution in [2.24, 2.45) is 0 Å². The number of aliphatic hydroxyl groups excluding tert-OH is 2. The van der Waals surface area contributed by atoms with Gasteiger partial charge in [0.25, 0.3) is 0 Å². The summed E-state index contributed by atoms with van der Waals surface area (Å²) in [6.45, 7) is 2.27. The Hall–Kier alpha value is -1.36. The summed E-state index contributed by atoms with van der Waals surface area (Å²) < 4.78 is 10.4. The first-order valence-corrected chi connectivity index (χ1v) is 5.87. The number of ether oxygens (including phenoxy) is 2. The van der Waals surface area contributed by atoms with Gasteiger partial charge >= 0.3 is 0 Å². The van der Waals surface area contributed by atoms with Crippen LogP contribution in [0.4, 0.5) is 0 Å². The molecule has 0 heterocycles. The molecule has 0 fully saturated rings. The summed E-state index contributed by atoms with van der Waals surface area (Å²) in [5.74, 6) is 0.794. The molecule has 0 unspecified atom stereocenters. The molecule has 1 rings (SSSR count). The van der Waals surface area contributed by atoms with Gasteiger partial charge in [0.15, 0.2) is 0 Å². The molecular formula is C14H20O4. The van der Waals surface area contributed by atoms with E-state index in [1.54, 1.807) is 20.1 Å². The third-order valence-electron chi connectivity index (χ3n) is 2.50. The van der Waals surface area contributed by atoms with E-state index in [1.165, 1.54) is 6.08 Å². The molecule has 0 aliphatic heterocycles. The van der Waals surface area contributed by atoms with Crippen molar-refractivity contribution in [1.82, 2.24) is 0 Å². The maximum atomic E-state index is 9.56. The number of methoxy groups -OCH3 is 1. The van der Waals surface area contributed by atoms with E-state index in [0.717, 1.165) is 11.3 Å². The Morgan fingerprint density at radius 2 is 1.89 bits per heavy atom. The highest BCUT2D eigenvalue weighted by molar-refractivity contribution is 5.26. The van der Waals surface area contributed by atoms with E-state index in [-0.39, 0.29) is 6.61 Å². The third kappa shape index (κ3) is 4.87. The van der Waals surface area contributed by atoms with Crippen molar-refractivity contribution in [2.75, 3.05) is 13.7 Å². The van der Waals surface area contributed by atoms with Crippen LogP contribution in [0, 0.1) is 0 Å². The van der Waals surface area contributed by atoms with Gasteiger partial charge in [0.2, 0.25) is 0 Å². The largest absolute Gasteiger partial charge is 0.497 e. The second kappa shape index (κ2) is 7.87. The van der Waals surface area contributed by atoms with Crippen LogP contribution in [0.1, 0.15) is 12.5 Å². The molecule has 0 aliphatic carbocycles. The number of benzene rings is 1. The van der Waals surface area contributed by atoms with Crippen molar-refractivity contribution >= 4 is 0 Å². The van der Waals surface area contributed by atoms with E-state index in [2.05, 4.69) is 0 Å². The zero-order chi connectivity index (χ0) is 13.4. The number of rotatable bonds is 7. The molecule has 18 heavy (non-hydrogen) atoms. The normalized spacial score (nSPS) is 14.7. The molecule has 0 spiro atoms. The molecule has 4 heteroatoms. The first-order chi connectivity index (χ1) is 8.67. The zero-order valence-electron chi connectivity index (χ0n) is 10.7. The Balaban J connectivity index is 2.32. The molecule has 2 N–H and O–H groups in total. The van der Waals surface area contributed by atoms with Crippen LogP contribution in [0.15, 0.2) is 36.4 Å². The van der Waals surface area contributed by atoms with Crippen LogP contribution in [0.25, 0.3) is 0 Å². The fraction of sp³-hybridized carbons (Fsp3) is 0.429. The molecule has 0 bridgehead atoms. The third-order valence-corrected chi connectivity index (χ3v) is 2.50. The van der Waals surface area contributed by atoms with Crippen LogP contribution in [0.5, 0.6) is 5.75 Å². The van der Waals surface area contributed by atoms with Crippen molar-refractivity contribution in [3.63, 3.8) is 0 Å². The summed E-state index contributed by atoms with van der Waals surface area (Å²) >= 11 is 0. The standard InChI is InChI=1S/C14H20O4/c1-3-4-13(15)14(16)10-18-9-11-5-7-12(17-2)8-6-11/h3-8,13-16H,9-10H2,1-2H3/b4-3-/t13-,14-/m0/s1. The van der Waals surface area contributed by atoms with Gasteiger partial charge in [-0.25, -0.2) is 0 Å². The number of hydrogen-bond donors (Lipinski definition) is 2. The Labute approximate surface area is 107 Å². The van der Waals surface area contributed by atoms with Crippen LogP contribution in [0.2, 0.25) is 0 Å². The number of hydrogen-bond acceptors (Lipinski definition) is 4. The van der Waals surface area contributed by atoms with Crippen molar-refractivity contribution in [3.05, 3.63) is 42.0 Å². The minimum Gasteiger partial charge on any atom is -0.497 e. The van der Waals surface area contributed by atoms with E-state index in [1.807, 2.05) is 24.3 Å². The molecule has 100 valence electrons. The van der Waals surface area contributed by atoms with Gasteiger partial charge in [-0.15, -0.1) is 0 Å². The molecule has 0 amide bonds. The molecule has 0 saturated heterocycles. The first-order valence-electron chi connectivity index (χ1n) is 5.87. The average Bonchev–Trinajstić information content (AvgIpc) is 2.39. The molecule has 2 atom stereocenters. The minimum absolute atomic E-state index is 0.0948. The van der Waals surface area contributed by atoms with E-state index >= 15 is 0 Å². The molecule has 4 nitrogen and oxygen atoms in total. The predicted octanol–water partition coefficient (Wildman–Crippen LogP) is 1.51. The molecule has 0 radical (unpaired) electrons. The van der Waals surface area contributed by atoms with Gasteiger partial charge in [0, 0.05) is 0 Å². The van der Waals surface area contributed by atoms with E-state index in [4.69, 9.17) is 9.47 Å². The monoisotopic (exact) mass is 252 g/mol. The second-order valence-corrected chi connectivity index (χ2v) is 3.95. The fourth-order valence-electron chi connectivity index (χ4n) is 1.44. The first kappa shape index (κ1) is 14.7. The van der Waals surface area contributed by atoms with Crippen LogP contribution in [0.3, 0.4) is 0 Å². The lowest BCUT2D eigenvalue weighted by molar-refractivity contribution is -0.0248. The maximum Gasteiger partial charge on any atom is 0.118 e. The molecule has 0 aromatic heterocycles. The Kier molecular flexibility index (Phi) is 6.43. The predicted molar refractivity (Wildman–Crippen MR) is 69.5 cm³/mol. The summed E-state index contributed by atoms with van der Waals surface area (Å²) in [5.41, 5.74) is 0.989. The van der Waals surface area contributed by atoms with E-state index < -0.39 is 12.2 Å². The Bertz CT molecular complexity index is 359. The average molecular weight is 252 g/mol. The lowest BCUT2D eigenvalue weighted by atomic mass is 10.2. The van der Waals surface area contributed by atoms with E-state index in [9.17, 15) is 10.2 Å². The van der Waals surface area contributed by atoms with Gasteiger partial charge in [-0.2, -0.15) is 0 Å². The van der Waals surface area contributed by atoms with Crippen molar-refractivity contribution in [3.8, 4) is 5.75 Å². The van der Waals surface area contributed by atoms with Crippen molar-refractivity contribution in [1.29, 1.82) is 0 Å². The van der Waals surface area contributed by atoms with Crippen LogP contribution in [-0.2, 0) is 11.3 Å². The Morgan fingerprint density at radius 1 is 1.22 bits per heavy atom. The molecule has 1 aromatic carbocycles. The maximum absolute atomic E-state index is 9.56.